The zero-order chi connectivity index (χ0) is 20.0. The first-order valence-electron chi connectivity index (χ1n) is 8.89. The van der Waals surface area contributed by atoms with Crippen LogP contribution in [0.3, 0.4) is 0 Å². The molecule has 0 aromatic heterocycles. The van der Waals surface area contributed by atoms with Gasteiger partial charge in [0.1, 0.15) is 6.04 Å². The summed E-state index contributed by atoms with van der Waals surface area (Å²) >= 11 is 12.4. The van der Waals surface area contributed by atoms with Crippen molar-refractivity contribution in [2.24, 2.45) is 0 Å². The minimum atomic E-state index is -0.613. The Hall–Kier alpha value is -2.04. The zero-order valence-electron chi connectivity index (χ0n) is 15.8. The third kappa shape index (κ3) is 5.47. The monoisotopic (exact) mass is 406 g/mol. The second-order valence-electron chi connectivity index (χ2n) is 6.40. The molecular formula is C21H24Cl2N2O2. The first-order chi connectivity index (χ1) is 12.8. The van der Waals surface area contributed by atoms with Crippen LogP contribution in [-0.4, -0.2) is 29.3 Å². The number of hydrogen-bond donors (Lipinski definition) is 1. The lowest BCUT2D eigenvalue weighted by atomic mass is 10.1. The van der Waals surface area contributed by atoms with Crippen molar-refractivity contribution in [2.75, 3.05) is 6.54 Å². The fourth-order valence-corrected chi connectivity index (χ4v) is 3.36. The lowest BCUT2D eigenvalue weighted by Crippen LogP contribution is -2.48. The lowest BCUT2D eigenvalue weighted by molar-refractivity contribution is -0.140. The number of carbonyl (C=O) groups is 2. The number of halogens is 2. The van der Waals surface area contributed by atoms with E-state index < -0.39 is 6.04 Å². The van der Waals surface area contributed by atoms with Crippen molar-refractivity contribution >= 4 is 35.0 Å². The van der Waals surface area contributed by atoms with E-state index >= 15 is 0 Å². The molecule has 6 heteroatoms. The summed E-state index contributed by atoms with van der Waals surface area (Å²) in [7, 11) is 0. The van der Waals surface area contributed by atoms with Gasteiger partial charge in [-0.15, -0.1) is 0 Å². The maximum Gasteiger partial charge on any atom is 0.242 e. The minimum Gasteiger partial charge on any atom is -0.355 e. The van der Waals surface area contributed by atoms with Crippen LogP contribution >= 0.6 is 23.2 Å². The summed E-state index contributed by atoms with van der Waals surface area (Å²) in [6.07, 6.45) is 0.0358. The van der Waals surface area contributed by atoms with Gasteiger partial charge in [-0.3, -0.25) is 9.59 Å². The lowest BCUT2D eigenvalue weighted by Gasteiger charge is -2.29. The van der Waals surface area contributed by atoms with E-state index in [1.165, 1.54) is 0 Å². The SMILES string of the molecule is CCNC(=O)C(C)N(Cc1ccccc1C)C(=O)Cc1c(Cl)cccc1Cl. The quantitative estimate of drug-likeness (QED) is 0.740. The Labute approximate surface area is 170 Å². The summed E-state index contributed by atoms with van der Waals surface area (Å²) in [4.78, 5) is 27.1. The van der Waals surface area contributed by atoms with Crippen LogP contribution in [0.4, 0.5) is 0 Å². The highest BCUT2D eigenvalue weighted by atomic mass is 35.5. The summed E-state index contributed by atoms with van der Waals surface area (Å²) in [6, 6.07) is 12.3. The molecule has 0 fully saturated rings. The van der Waals surface area contributed by atoms with E-state index in [-0.39, 0.29) is 18.2 Å². The summed E-state index contributed by atoms with van der Waals surface area (Å²) in [5.41, 5.74) is 2.63. The number of carbonyl (C=O) groups excluding carboxylic acids is 2. The van der Waals surface area contributed by atoms with Crippen LogP contribution < -0.4 is 5.32 Å². The van der Waals surface area contributed by atoms with Crippen molar-refractivity contribution < 1.29 is 9.59 Å². The van der Waals surface area contributed by atoms with Crippen molar-refractivity contribution in [3.8, 4) is 0 Å². The average molecular weight is 407 g/mol. The standard InChI is InChI=1S/C21H24Cl2N2O2/c1-4-24-21(27)15(3)25(13-16-9-6-5-8-14(16)2)20(26)12-17-18(22)10-7-11-19(17)23/h5-11,15H,4,12-13H2,1-3H3,(H,24,27). The largest absolute Gasteiger partial charge is 0.355 e. The van der Waals surface area contributed by atoms with Crippen molar-refractivity contribution in [3.05, 3.63) is 69.2 Å². The molecule has 0 saturated heterocycles. The van der Waals surface area contributed by atoms with Gasteiger partial charge in [0.2, 0.25) is 11.8 Å². The number of hydrogen-bond acceptors (Lipinski definition) is 2. The average Bonchev–Trinajstić information content (AvgIpc) is 2.63. The Morgan fingerprint density at radius 3 is 2.30 bits per heavy atom. The summed E-state index contributed by atoms with van der Waals surface area (Å²) in [5.74, 6) is -0.392. The van der Waals surface area contributed by atoms with E-state index in [2.05, 4.69) is 5.32 Å². The third-order valence-electron chi connectivity index (χ3n) is 4.51. The Balaban J connectivity index is 2.31. The maximum absolute atomic E-state index is 13.1. The van der Waals surface area contributed by atoms with Gasteiger partial charge in [0.15, 0.2) is 0 Å². The summed E-state index contributed by atoms with van der Waals surface area (Å²) in [5, 5.41) is 3.67. The van der Waals surface area contributed by atoms with Gasteiger partial charge in [-0.2, -0.15) is 0 Å². The Morgan fingerprint density at radius 1 is 1.07 bits per heavy atom. The molecule has 1 unspecified atom stereocenters. The van der Waals surface area contributed by atoms with Crippen LogP contribution in [-0.2, 0) is 22.6 Å². The van der Waals surface area contributed by atoms with Crippen LogP contribution in [0.1, 0.15) is 30.5 Å². The molecule has 144 valence electrons. The van der Waals surface area contributed by atoms with Gasteiger partial charge in [0.25, 0.3) is 0 Å². The molecule has 2 amide bonds. The molecule has 0 aliphatic carbocycles. The number of aryl methyl sites for hydroxylation is 1. The van der Waals surface area contributed by atoms with E-state index in [0.29, 0.717) is 28.7 Å². The van der Waals surface area contributed by atoms with E-state index in [0.717, 1.165) is 11.1 Å². The molecule has 0 aliphatic heterocycles. The highest BCUT2D eigenvalue weighted by Crippen LogP contribution is 2.26. The van der Waals surface area contributed by atoms with Crippen LogP contribution in [0.15, 0.2) is 42.5 Å². The van der Waals surface area contributed by atoms with Gasteiger partial charge in [0, 0.05) is 23.1 Å². The van der Waals surface area contributed by atoms with Crippen LogP contribution in [0.5, 0.6) is 0 Å². The molecule has 2 aromatic carbocycles. The van der Waals surface area contributed by atoms with Gasteiger partial charge in [0.05, 0.1) is 6.42 Å². The molecule has 2 aromatic rings. The predicted molar refractivity (Wildman–Crippen MR) is 110 cm³/mol. The molecule has 27 heavy (non-hydrogen) atoms. The first-order valence-corrected chi connectivity index (χ1v) is 9.65. The van der Waals surface area contributed by atoms with Gasteiger partial charge in [-0.05, 0) is 49.6 Å². The highest BCUT2D eigenvalue weighted by molar-refractivity contribution is 6.36. The topological polar surface area (TPSA) is 49.4 Å². The number of amides is 2. The van der Waals surface area contributed by atoms with Gasteiger partial charge >= 0.3 is 0 Å². The molecule has 1 atom stereocenters. The third-order valence-corrected chi connectivity index (χ3v) is 5.22. The fourth-order valence-electron chi connectivity index (χ4n) is 2.83. The van der Waals surface area contributed by atoms with E-state index in [9.17, 15) is 9.59 Å². The number of benzene rings is 2. The second-order valence-corrected chi connectivity index (χ2v) is 7.21. The molecule has 4 nitrogen and oxygen atoms in total. The Bertz CT molecular complexity index is 803. The minimum absolute atomic E-state index is 0.0358. The van der Waals surface area contributed by atoms with Gasteiger partial charge in [-0.25, -0.2) is 0 Å². The predicted octanol–water partition coefficient (Wildman–Crippen LogP) is 4.40. The molecule has 0 radical (unpaired) electrons. The normalized spacial score (nSPS) is 11.7. The summed E-state index contributed by atoms with van der Waals surface area (Å²) < 4.78 is 0. The Morgan fingerprint density at radius 2 is 1.70 bits per heavy atom. The molecule has 0 spiro atoms. The van der Waals surface area contributed by atoms with Crippen LogP contribution in [0, 0.1) is 6.92 Å². The van der Waals surface area contributed by atoms with Crippen LogP contribution in [0.2, 0.25) is 10.0 Å². The number of rotatable bonds is 7. The Kier molecular flexibility index (Phi) is 7.69. The molecule has 0 saturated carbocycles. The summed E-state index contributed by atoms with van der Waals surface area (Å²) in [6.45, 7) is 6.41. The van der Waals surface area contributed by atoms with Gasteiger partial charge < -0.3 is 10.2 Å². The first kappa shape index (κ1) is 21.3. The van der Waals surface area contributed by atoms with Crippen molar-refractivity contribution in [2.45, 2.75) is 39.8 Å². The fraction of sp³-hybridized carbons (Fsp3) is 0.333. The van der Waals surface area contributed by atoms with Crippen molar-refractivity contribution in [1.29, 1.82) is 0 Å². The highest BCUT2D eigenvalue weighted by Gasteiger charge is 2.27. The maximum atomic E-state index is 13.1. The van der Waals surface area contributed by atoms with E-state index in [1.54, 1.807) is 30.0 Å². The molecule has 0 bridgehead atoms. The number of nitrogens with one attached hydrogen (secondary N) is 1. The van der Waals surface area contributed by atoms with Crippen molar-refractivity contribution in [3.63, 3.8) is 0 Å². The number of likely N-dealkylation sites (N-methyl/N-ethyl adjacent to an activating group) is 1. The molecule has 1 N–H and O–H groups in total. The molecular weight excluding hydrogens is 383 g/mol. The smallest absolute Gasteiger partial charge is 0.242 e. The van der Waals surface area contributed by atoms with Gasteiger partial charge in [-0.1, -0.05) is 53.5 Å². The molecule has 0 heterocycles. The van der Waals surface area contributed by atoms with Crippen LogP contribution in [0.25, 0.3) is 0 Å². The van der Waals surface area contributed by atoms with E-state index in [4.69, 9.17) is 23.2 Å². The molecule has 0 aliphatic rings. The van der Waals surface area contributed by atoms with E-state index in [1.807, 2.05) is 38.1 Å². The second kappa shape index (κ2) is 9.77. The zero-order valence-corrected chi connectivity index (χ0v) is 17.3. The van der Waals surface area contributed by atoms with Crippen molar-refractivity contribution in [1.82, 2.24) is 10.2 Å². The molecule has 2 rings (SSSR count). The number of nitrogens with zero attached hydrogens (tertiary/aromatic N) is 1.